The van der Waals surface area contributed by atoms with Crippen molar-refractivity contribution in [3.8, 4) is 28.4 Å². The molecular formula is C30H43ClN4O4Si. The largest absolute Gasteiger partial charge is 0.491 e. The number of halogens is 1. The quantitative estimate of drug-likeness (QED) is 0.239. The molecular weight excluding hydrogens is 544 g/mol. The van der Waals surface area contributed by atoms with Crippen LogP contribution in [0.3, 0.4) is 0 Å². The van der Waals surface area contributed by atoms with Gasteiger partial charge < -0.3 is 23.3 Å². The van der Waals surface area contributed by atoms with Crippen LogP contribution in [0, 0.1) is 13.8 Å². The van der Waals surface area contributed by atoms with Gasteiger partial charge in [-0.2, -0.15) is 0 Å². The fourth-order valence-electron chi connectivity index (χ4n) is 4.68. The van der Waals surface area contributed by atoms with Crippen molar-refractivity contribution in [2.75, 3.05) is 31.8 Å². The van der Waals surface area contributed by atoms with Crippen LogP contribution in [-0.4, -0.2) is 62.5 Å². The van der Waals surface area contributed by atoms with Crippen molar-refractivity contribution in [1.82, 2.24) is 15.1 Å². The second-order valence-corrected chi connectivity index (χ2v) is 17.3. The molecule has 3 heterocycles. The van der Waals surface area contributed by atoms with Crippen LogP contribution in [-0.2, 0) is 9.16 Å². The number of hydrogen-bond donors (Lipinski definition) is 0. The van der Waals surface area contributed by atoms with Gasteiger partial charge in [-0.1, -0.05) is 49.7 Å². The highest BCUT2D eigenvalue weighted by atomic mass is 35.5. The van der Waals surface area contributed by atoms with Gasteiger partial charge in [-0.3, -0.25) is 0 Å². The second-order valence-electron chi connectivity index (χ2n) is 12.2. The first-order valence-corrected chi connectivity index (χ1v) is 17.3. The molecule has 1 atom stereocenters. The maximum atomic E-state index is 7.02. The molecule has 0 saturated carbocycles. The van der Waals surface area contributed by atoms with Gasteiger partial charge in [-0.05, 0) is 63.9 Å². The molecule has 1 unspecified atom stereocenters. The summed E-state index contributed by atoms with van der Waals surface area (Å²) in [7, 11) is 0.149. The summed E-state index contributed by atoms with van der Waals surface area (Å²) in [5.74, 6) is 2.64. The fraction of sp³-hybridized carbons (Fsp3) is 0.567. The predicted molar refractivity (Wildman–Crippen MR) is 163 cm³/mol. The lowest BCUT2D eigenvalue weighted by molar-refractivity contribution is 0.0853. The van der Waals surface area contributed by atoms with E-state index in [1.54, 1.807) is 0 Å². The average Bonchev–Trinajstić information content (AvgIpc) is 3.24. The lowest BCUT2D eigenvalue weighted by atomic mass is 10.1. The van der Waals surface area contributed by atoms with E-state index in [1.165, 1.54) is 0 Å². The van der Waals surface area contributed by atoms with Crippen molar-refractivity contribution in [3.05, 3.63) is 40.7 Å². The lowest BCUT2D eigenvalue weighted by Gasteiger charge is -2.38. The molecule has 0 aliphatic carbocycles. The van der Waals surface area contributed by atoms with Crippen molar-refractivity contribution >= 4 is 25.7 Å². The molecule has 40 heavy (non-hydrogen) atoms. The molecule has 0 spiro atoms. The summed E-state index contributed by atoms with van der Waals surface area (Å²) in [6, 6.07) is 8.13. The zero-order valence-electron chi connectivity index (χ0n) is 25.3. The number of benzene rings is 1. The van der Waals surface area contributed by atoms with Gasteiger partial charge in [-0.25, -0.2) is 9.97 Å². The third-order valence-electron chi connectivity index (χ3n) is 8.06. The topological polar surface area (TPSA) is 82.7 Å². The Morgan fingerprint density at radius 1 is 1.15 bits per heavy atom. The van der Waals surface area contributed by atoms with Gasteiger partial charge in [0.2, 0.25) is 0 Å². The number of aromatic nitrogens is 3. The molecule has 0 radical (unpaired) electrons. The van der Waals surface area contributed by atoms with Crippen LogP contribution in [0.4, 0.5) is 5.82 Å². The number of hydrogen-bond acceptors (Lipinski definition) is 8. The average molecular weight is 587 g/mol. The normalized spacial score (nSPS) is 15.8. The molecule has 1 fully saturated rings. The minimum absolute atomic E-state index is 0.0257. The minimum Gasteiger partial charge on any atom is -0.491 e. The number of aryl methyl sites for hydroxylation is 2. The Kier molecular flexibility index (Phi) is 9.29. The van der Waals surface area contributed by atoms with Crippen molar-refractivity contribution in [2.45, 2.75) is 84.7 Å². The van der Waals surface area contributed by atoms with Gasteiger partial charge in [0.25, 0.3) is 0 Å². The van der Waals surface area contributed by atoms with Crippen molar-refractivity contribution < 1.29 is 18.4 Å². The molecule has 10 heteroatoms. The van der Waals surface area contributed by atoms with Crippen LogP contribution < -0.4 is 9.64 Å². The zero-order chi connectivity index (χ0) is 29.2. The molecule has 1 saturated heterocycles. The van der Waals surface area contributed by atoms with Crippen LogP contribution in [0.15, 0.2) is 28.8 Å². The summed E-state index contributed by atoms with van der Waals surface area (Å²) in [4.78, 5) is 12.1. The van der Waals surface area contributed by atoms with E-state index in [0.717, 1.165) is 48.6 Å². The van der Waals surface area contributed by atoms with Gasteiger partial charge in [0.05, 0.1) is 17.4 Å². The van der Waals surface area contributed by atoms with Crippen LogP contribution in [0.5, 0.6) is 5.75 Å². The van der Waals surface area contributed by atoms with E-state index in [-0.39, 0.29) is 17.2 Å². The molecule has 1 aliphatic rings. The Morgan fingerprint density at radius 2 is 1.85 bits per heavy atom. The van der Waals surface area contributed by atoms with Crippen molar-refractivity contribution in [2.24, 2.45) is 0 Å². The highest BCUT2D eigenvalue weighted by Gasteiger charge is 2.38. The molecule has 1 aliphatic heterocycles. The van der Waals surface area contributed by atoms with Crippen LogP contribution in [0.1, 0.15) is 52.0 Å². The van der Waals surface area contributed by atoms with Gasteiger partial charge in [-0.15, -0.1) is 0 Å². The first-order chi connectivity index (χ1) is 18.8. The molecule has 3 aromatic rings. The van der Waals surface area contributed by atoms with Crippen LogP contribution in [0.2, 0.25) is 23.2 Å². The molecule has 8 nitrogen and oxygen atoms in total. The molecule has 1 aromatic carbocycles. The lowest BCUT2D eigenvalue weighted by Crippen LogP contribution is -2.44. The predicted octanol–water partition coefficient (Wildman–Crippen LogP) is 7.47. The van der Waals surface area contributed by atoms with Gasteiger partial charge in [0, 0.05) is 31.9 Å². The van der Waals surface area contributed by atoms with Crippen molar-refractivity contribution in [1.29, 1.82) is 0 Å². The van der Waals surface area contributed by atoms with Gasteiger partial charge in [0.15, 0.2) is 20.0 Å². The standard InChI is InChI=1S/C30H43ClN4O4Si/c1-19(39-40(8,9)30(4,5)6)18-37-24-12-10-11-22(17-24)28-32-27(25-20(2)34-38-21(25)3)26(31)29(33-28)35(7)23-13-15-36-16-14-23/h10-12,17,19,23H,13-16,18H2,1-9H3. The summed E-state index contributed by atoms with van der Waals surface area (Å²) in [6.07, 6.45) is 1.79. The van der Waals surface area contributed by atoms with E-state index in [4.69, 9.17) is 40.0 Å². The van der Waals surface area contributed by atoms with Crippen LogP contribution in [0.25, 0.3) is 22.6 Å². The van der Waals surface area contributed by atoms with Crippen molar-refractivity contribution in [3.63, 3.8) is 0 Å². The molecule has 0 N–H and O–H groups in total. The van der Waals surface area contributed by atoms with Gasteiger partial charge in [0.1, 0.15) is 28.8 Å². The molecule has 4 rings (SSSR count). The highest BCUT2D eigenvalue weighted by molar-refractivity contribution is 6.74. The fourth-order valence-corrected chi connectivity index (χ4v) is 6.42. The Balaban J connectivity index is 1.66. The SMILES string of the molecule is Cc1noc(C)c1-c1nc(-c2cccc(OCC(C)O[Si](C)(C)C(C)(C)C)c2)nc(N(C)C2CCOCC2)c1Cl. The summed E-state index contributed by atoms with van der Waals surface area (Å²) < 4.78 is 23.7. The summed E-state index contributed by atoms with van der Waals surface area (Å²) in [5, 5.41) is 4.77. The number of ether oxygens (including phenoxy) is 2. The first-order valence-electron chi connectivity index (χ1n) is 14.0. The molecule has 218 valence electrons. The third-order valence-corrected chi connectivity index (χ3v) is 13.0. The summed E-state index contributed by atoms with van der Waals surface area (Å²) >= 11 is 7.02. The first kappa shape index (κ1) is 30.5. The number of anilines is 1. The van der Waals surface area contributed by atoms with E-state index < -0.39 is 8.32 Å². The van der Waals surface area contributed by atoms with E-state index in [9.17, 15) is 0 Å². The van der Waals surface area contributed by atoms with Crippen LogP contribution >= 0.6 is 11.6 Å². The Hall–Kier alpha value is -2.46. The smallest absolute Gasteiger partial charge is 0.192 e. The minimum atomic E-state index is -1.89. The molecule has 0 amide bonds. The Labute approximate surface area is 244 Å². The zero-order valence-corrected chi connectivity index (χ0v) is 27.1. The summed E-state index contributed by atoms with van der Waals surface area (Å²) in [5.41, 5.74) is 2.97. The Morgan fingerprint density at radius 3 is 2.48 bits per heavy atom. The molecule has 0 bridgehead atoms. The monoisotopic (exact) mass is 586 g/mol. The van der Waals surface area contributed by atoms with E-state index in [1.807, 2.05) is 45.2 Å². The number of nitrogens with zero attached hydrogens (tertiary/aromatic N) is 4. The van der Waals surface area contributed by atoms with E-state index in [0.29, 0.717) is 34.7 Å². The van der Waals surface area contributed by atoms with Gasteiger partial charge >= 0.3 is 0 Å². The summed E-state index contributed by atoms with van der Waals surface area (Å²) in [6.45, 7) is 19.0. The second kappa shape index (κ2) is 12.2. The van der Waals surface area contributed by atoms with E-state index in [2.05, 4.69) is 50.8 Å². The van der Waals surface area contributed by atoms with E-state index >= 15 is 0 Å². The maximum absolute atomic E-state index is 7.02. The number of rotatable bonds is 9. The maximum Gasteiger partial charge on any atom is 0.192 e. The Bertz CT molecular complexity index is 1300. The molecule has 2 aromatic heterocycles. The highest BCUT2D eigenvalue weighted by Crippen LogP contribution is 2.40. The third kappa shape index (κ3) is 6.70.